The molecule has 0 amide bonds. The molecule has 0 radical (unpaired) electrons. The molecule has 217 valence electrons. The fourth-order valence-corrected chi connectivity index (χ4v) is 4.49. The van der Waals surface area contributed by atoms with Crippen LogP contribution < -0.4 is 0 Å². The zero-order valence-electron chi connectivity index (χ0n) is 31.1. The molecular formula is C31H29Cl2I3O2S2V. The van der Waals surface area contributed by atoms with Crippen molar-refractivity contribution in [2.24, 2.45) is 0 Å². The van der Waals surface area contributed by atoms with Gasteiger partial charge in [0.25, 0.3) is 0 Å². The number of benzene rings is 4. The second-order valence-electron chi connectivity index (χ2n) is 7.77. The molecule has 0 saturated heterocycles. The van der Waals surface area contributed by atoms with E-state index in [4.69, 9.17) is 36.9 Å². The van der Waals surface area contributed by atoms with Crippen molar-refractivity contribution in [1.29, 1.82) is 0 Å². The molecule has 4 aromatic rings. The van der Waals surface area contributed by atoms with Crippen molar-refractivity contribution in [3.63, 3.8) is 0 Å². The zero-order chi connectivity index (χ0) is 37.1. The summed E-state index contributed by atoms with van der Waals surface area (Å²) in [5, 5.41) is 11.0. The molecule has 2 aliphatic rings. The predicted octanol–water partition coefficient (Wildman–Crippen LogP) is 10.9. The van der Waals surface area contributed by atoms with E-state index < -0.39 is 36.2 Å². The average Bonchev–Trinajstić information content (AvgIpc) is 3.57. The molecule has 6 rings (SSSR count). The van der Waals surface area contributed by atoms with Crippen LogP contribution in [0.15, 0.2) is 103 Å². The molecular weight excluding hydrogens is 971 g/mol. The first kappa shape index (κ1) is 25.5. The van der Waals surface area contributed by atoms with Crippen molar-refractivity contribution in [1.82, 2.24) is 0 Å². The first-order chi connectivity index (χ1) is 23.1. The summed E-state index contributed by atoms with van der Waals surface area (Å²) >= 11 is 18.7. The quantitative estimate of drug-likeness (QED) is 0.161. The van der Waals surface area contributed by atoms with Gasteiger partial charge in [-0.15, -0.1) is 0 Å². The number of hydrogen-bond acceptors (Lipinski definition) is 2. The Hall–Kier alpha value is 0.304. The van der Waals surface area contributed by atoms with Gasteiger partial charge in [-0.3, -0.25) is 4.79 Å². The van der Waals surface area contributed by atoms with Gasteiger partial charge in [0.1, 0.15) is 0 Å². The van der Waals surface area contributed by atoms with Crippen LogP contribution in [0.4, 0.5) is 0 Å². The van der Waals surface area contributed by atoms with Gasteiger partial charge < -0.3 is 5.11 Å². The van der Waals surface area contributed by atoms with Gasteiger partial charge in [0.15, 0.2) is 5.78 Å². The summed E-state index contributed by atoms with van der Waals surface area (Å²) in [6, 6.07) is 6.32. The zero-order valence-corrected chi connectivity index (χ0v) is 32.5. The number of halogens is 5. The topological polar surface area (TPSA) is 37.3 Å². The van der Waals surface area contributed by atoms with Crippen molar-refractivity contribution in [3.05, 3.63) is 146 Å². The van der Waals surface area contributed by atoms with Crippen molar-refractivity contribution >= 4 is 124 Å². The molecule has 10 heteroatoms. The van der Waals surface area contributed by atoms with E-state index in [0.29, 0.717) is 47.3 Å². The molecule has 2 aliphatic carbocycles. The van der Waals surface area contributed by atoms with E-state index in [1.165, 1.54) is 6.08 Å². The summed E-state index contributed by atoms with van der Waals surface area (Å²) in [6.07, 6.45) is 0.653. The molecule has 2 atom stereocenters. The third-order valence-corrected chi connectivity index (χ3v) is 6.13. The number of carbonyl (C=O) groups is 1. The molecule has 0 fully saturated rings. The third kappa shape index (κ3) is 10.7. The Morgan fingerprint density at radius 3 is 1.98 bits per heavy atom. The fourth-order valence-electron chi connectivity index (χ4n) is 4.13. The Morgan fingerprint density at radius 1 is 0.829 bits per heavy atom. The first-order valence-electron chi connectivity index (χ1n) is 16.0. The average molecular weight is 1010 g/mol. The number of aliphatic hydroxyl groups is 1. The van der Waals surface area contributed by atoms with Crippen LogP contribution in [-0.2, 0) is 9.47 Å². The summed E-state index contributed by atoms with van der Waals surface area (Å²) in [5.41, 5.74) is 2.99. The van der Waals surface area contributed by atoms with Crippen molar-refractivity contribution in [3.8, 4) is 0 Å². The van der Waals surface area contributed by atoms with E-state index in [2.05, 4.69) is 62.5 Å². The van der Waals surface area contributed by atoms with Crippen LogP contribution in [0.25, 0.3) is 5.57 Å². The first-order valence-corrected chi connectivity index (χ1v) is 23.0. The number of aliphatic hydroxyl groups excluding tert-OH is 1. The van der Waals surface area contributed by atoms with E-state index in [9.17, 15) is 9.90 Å². The third-order valence-electron chi connectivity index (χ3n) is 5.66. The van der Waals surface area contributed by atoms with Crippen LogP contribution >= 0.6 is 113 Å². The van der Waals surface area contributed by atoms with Gasteiger partial charge in [0.05, 0.1) is 19.8 Å². The number of carbonyl (C=O) groups excluding carboxylic acids is 1. The minimum atomic E-state index is -0.915. The monoisotopic (exact) mass is 1010 g/mol. The standard InChI is InChI=1S/2C15H11ClO.CH3I.2HI.2H2S.V/c2*16-11-6-7-12-13(9-15(17)14(12)8-11)10-4-2-1-3-5-10;1-2;;;;;/h1-8,13H,9H2;1-9,15,17H;1H3;2*1H;2*1H2;/q;;;;;;;+2/p-2/t13-;15-;;;;;;/m00....../s1/i2*1D,2D,3D,4D,5D;;;;;;. The van der Waals surface area contributed by atoms with Crippen molar-refractivity contribution in [2.45, 2.75) is 18.4 Å². The van der Waals surface area contributed by atoms with Crippen LogP contribution in [0, 0.1) is 0 Å². The van der Waals surface area contributed by atoms with Gasteiger partial charge in [-0.1, -0.05) is 118 Å². The molecule has 0 aliphatic heterocycles. The van der Waals surface area contributed by atoms with Gasteiger partial charge in [0, 0.05) is 27.9 Å². The Balaban J connectivity index is 0.000000438. The second-order valence-corrected chi connectivity index (χ2v) is 20.4. The maximum atomic E-state index is 12.1. The normalized spacial score (nSPS) is 18.8. The number of Topliss-reactive ketones (excluding diaryl/α,β-unsaturated/α-hetero) is 1. The van der Waals surface area contributed by atoms with E-state index in [0.717, 1.165) is 0 Å². The van der Waals surface area contributed by atoms with E-state index >= 15 is 0 Å². The molecule has 0 spiro atoms. The number of hydrogen-bond donors (Lipinski definition) is 1. The minimum absolute atomic E-state index is 0. The van der Waals surface area contributed by atoms with E-state index in [1.807, 2.05) is 4.93 Å². The SMILES string of the molecule is CI.S.S.[2H]c1c([2H])c([2H])c(C2=C[C@H](O)c3cc(Cl)ccc32)c([2H])c1[2H].[2H]c1c([2H])c([2H])c([C@@H]2CC(=O)c3cc(Cl)ccc32)c([2H])c1[2H].[I][V][I]. The molecule has 0 aromatic heterocycles. The number of fused-ring (bicyclic) bond motifs is 2. The molecule has 1 N–H and O–H groups in total. The summed E-state index contributed by atoms with van der Waals surface area (Å²) in [6.45, 7) is 0. The van der Waals surface area contributed by atoms with Crippen molar-refractivity contribution in [2.75, 3.05) is 4.93 Å². The Kier molecular flexibility index (Phi) is 12.7. The van der Waals surface area contributed by atoms with Crippen molar-refractivity contribution < 1.29 is 33.1 Å². The summed E-state index contributed by atoms with van der Waals surface area (Å²) < 4.78 is 78.4. The number of rotatable bonds is 2. The fraction of sp³-hybridized carbons (Fsp3) is 0.129. The summed E-state index contributed by atoms with van der Waals surface area (Å²) in [7, 11) is 0.628. The molecule has 2 nitrogen and oxygen atoms in total. The van der Waals surface area contributed by atoms with E-state index in [-0.39, 0.29) is 86.6 Å². The van der Waals surface area contributed by atoms with Crippen LogP contribution in [-0.4, -0.2) is 15.8 Å². The predicted molar refractivity (Wildman–Crippen MR) is 207 cm³/mol. The molecule has 0 bridgehead atoms. The Bertz CT molecular complexity index is 1920. The Labute approximate surface area is 323 Å². The van der Waals surface area contributed by atoms with Gasteiger partial charge in [-0.25, -0.2) is 0 Å². The van der Waals surface area contributed by atoms with Gasteiger partial charge in [0.2, 0.25) is 0 Å². The number of alkyl halides is 1. The molecule has 0 heterocycles. The van der Waals surface area contributed by atoms with Gasteiger partial charge >= 0.3 is 49.4 Å². The van der Waals surface area contributed by atoms with Crippen LogP contribution in [0.2, 0.25) is 10.0 Å². The van der Waals surface area contributed by atoms with Gasteiger partial charge in [-0.05, 0) is 68.7 Å². The van der Waals surface area contributed by atoms with Crippen LogP contribution in [0.3, 0.4) is 0 Å². The summed E-state index contributed by atoms with van der Waals surface area (Å²) in [4.78, 5) is 14.1. The van der Waals surface area contributed by atoms with Gasteiger partial charge in [-0.2, -0.15) is 27.0 Å². The summed E-state index contributed by atoms with van der Waals surface area (Å²) in [5.74, 6) is -0.664. The number of ketones is 1. The van der Waals surface area contributed by atoms with Crippen LogP contribution in [0.5, 0.6) is 0 Å². The Morgan fingerprint density at radius 2 is 1.37 bits per heavy atom. The van der Waals surface area contributed by atoms with Crippen LogP contribution in [0.1, 0.15) is 70.3 Å². The maximum absolute atomic E-state index is 12.1. The molecule has 41 heavy (non-hydrogen) atoms. The molecule has 4 aromatic carbocycles. The second kappa shape index (κ2) is 20.4. The molecule has 0 saturated carbocycles. The van der Waals surface area contributed by atoms with E-state index in [1.54, 1.807) is 36.4 Å². The molecule has 0 unspecified atom stereocenters.